The van der Waals surface area contributed by atoms with E-state index >= 15 is 0 Å². The van der Waals surface area contributed by atoms with Gasteiger partial charge in [0, 0.05) is 19.1 Å². The Balaban J connectivity index is 1.70. The second-order valence-electron chi connectivity index (χ2n) is 6.02. The molecule has 0 aromatic heterocycles. The van der Waals surface area contributed by atoms with Crippen molar-refractivity contribution in [3.05, 3.63) is 28.2 Å². The zero-order valence-corrected chi connectivity index (χ0v) is 14.6. The summed E-state index contributed by atoms with van der Waals surface area (Å²) in [4.78, 5) is 0.222. The third kappa shape index (κ3) is 3.29. The van der Waals surface area contributed by atoms with Gasteiger partial charge in [-0.15, -0.1) is 0 Å². The van der Waals surface area contributed by atoms with Crippen LogP contribution in [0.15, 0.2) is 23.1 Å². The van der Waals surface area contributed by atoms with Gasteiger partial charge < -0.3 is 5.32 Å². The van der Waals surface area contributed by atoms with Crippen LogP contribution in [0.3, 0.4) is 0 Å². The minimum Gasteiger partial charge on any atom is -0.314 e. The van der Waals surface area contributed by atoms with E-state index < -0.39 is 10.0 Å². The Morgan fingerprint density at radius 2 is 1.82 bits per heavy atom. The molecule has 0 radical (unpaired) electrons. The Morgan fingerprint density at radius 1 is 1.09 bits per heavy atom. The number of nitrogens with one attached hydrogen (secondary N) is 1. The van der Waals surface area contributed by atoms with Gasteiger partial charge in [0.05, 0.1) is 14.9 Å². The molecule has 0 saturated carbocycles. The van der Waals surface area contributed by atoms with E-state index in [2.05, 4.69) is 5.32 Å². The Bertz CT molecular complexity index is 637. The molecule has 1 atom stereocenters. The van der Waals surface area contributed by atoms with Crippen LogP contribution >= 0.6 is 23.2 Å². The fourth-order valence-corrected chi connectivity index (χ4v) is 5.28. The van der Waals surface area contributed by atoms with Crippen LogP contribution < -0.4 is 5.32 Å². The molecule has 0 aliphatic carbocycles. The lowest BCUT2D eigenvalue weighted by atomic mass is 9.89. The first-order valence-electron chi connectivity index (χ1n) is 7.67. The quantitative estimate of drug-likeness (QED) is 0.898. The molecular weight excluding hydrogens is 343 g/mol. The molecule has 22 heavy (non-hydrogen) atoms. The van der Waals surface area contributed by atoms with Crippen molar-refractivity contribution >= 4 is 33.2 Å². The number of piperidine rings is 1. The third-order valence-corrected chi connectivity index (χ3v) is 7.33. The van der Waals surface area contributed by atoms with Gasteiger partial charge in [-0.3, -0.25) is 0 Å². The number of halogens is 2. The number of hydrogen-bond acceptors (Lipinski definition) is 3. The number of sulfonamides is 1. The van der Waals surface area contributed by atoms with Gasteiger partial charge >= 0.3 is 0 Å². The van der Waals surface area contributed by atoms with Gasteiger partial charge in [0.25, 0.3) is 0 Å². The van der Waals surface area contributed by atoms with Crippen LogP contribution in [0, 0.1) is 5.92 Å². The molecule has 0 bridgehead atoms. The molecule has 0 amide bonds. The first-order valence-corrected chi connectivity index (χ1v) is 9.86. The standard InChI is InChI=1S/C15H20Cl2N2O2S/c16-13-4-3-12(10-14(13)17)22(20,21)19-8-5-11(6-9-19)15-2-1-7-18-15/h3-4,10-11,15,18H,1-2,5-9H2. The van der Waals surface area contributed by atoms with Crippen LogP contribution in [0.4, 0.5) is 0 Å². The van der Waals surface area contributed by atoms with E-state index in [-0.39, 0.29) is 9.92 Å². The molecular formula is C15H20Cl2N2O2S. The van der Waals surface area contributed by atoms with E-state index in [0.717, 1.165) is 19.4 Å². The Kier molecular flexibility index (Phi) is 5.00. The van der Waals surface area contributed by atoms with Crippen molar-refractivity contribution in [3.8, 4) is 0 Å². The zero-order valence-electron chi connectivity index (χ0n) is 12.3. The van der Waals surface area contributed by atoms with E-state index in [0.29, 0.717) is 30.1 Å². The van der Waals surface area contributed by atoms with Crippen molar-refractivity contribution in [2.75, 3.05) is 19.6 Å². The van der Waals surface area contributed by atoms with Gasteiger partial charge in [-0.25, -0.2) is 8.42 Å². The van der Waals surface area contributed by atoms with E-state index in [9.17, 15) is 8.42 Å². The SMILES string of the molecule is O=S(=O)(c1ccc(Cl)c(Cl)c1)N1CCC(C2CCCN2)CC1. The summed E-state index contributed by atoms with van der Waals surface area (Å²) in [6, 6.07) is 5.05. The maximum Gasteiger partial charge on any atom is 0.243 e. The molecule has 1 aromatic rings. The third-order valence-electron chi connectivity index (χ3n) is 4.69. The normalized spacial score (nSPS) is 24.7. The van der Waals surface area contributed by atoms with Crippen LogP contribution in [-0.2, 0) is 10.0 Å². The van der Waals surface area contributed by atoms with Crippen molar-refractivity contribution in [1.82, 2.24) is 9.62 Å². The predicted molar refractivity (Wildman–Crippen MR) is 89.0 cm³/mol. The highest BCUT2D eigenvalue weighted by molar-refractivity contribution is 7.89. The molecule has 1 aromatic carbocycles. The lowest BCUT2D eigenvalue weighted by Gasteiger charge is -2.34. The van der Waals surface area contributed by atoms with Crippen molar-refractivity contribution in [3.63, 3.8) is 0 Å². The number of rotatable bonds is 3. The van der Waals surface area contributed by atoms with Gasteiger partial charge in [-0.2, -0.15) is 4.31 Å². The highest BCUT2D eigenvalue weighted by Crippen LogP contribution is 2.30. The Hall–Kier alpha value is -0.330. The smallest absolute Gasteiger partial charge is 0.243 e. The van der Waals surface area contributed by atoms with Crippen molar-refractivity contribution in [1.29, 1.82) is 0 Å². The maximum atomic E-state index is 12.7. The monoisotopic (exact) mass is 362 g/mol. The summed E-state index contributed by atoms with van der Waals surface area (Å²) < 4.78 is 26.9. The van der Waals surface area contributed by atoms with Crippen LogP contribution in [0.25, 0.3) is 0 Å². The molecule has 2 aliphatic rings. The molecule has 0 spiro atoms. The molecule has 7 heteroatoms. The second kappa shape index (κ2) is 6.65. The summed E-state index contributed by atoms with van der Waals surface area (Å²) in [6.45, 7) is 2.24. The largest absolute Gasteiger partial charge is 0.314 e. The van der Waals surface area contributed by atoms with E-state index in [1.54, 1.807) is 4.31 Å². The fourth-order valence-electron chi connectivity index (χ4n) is 3.42. The minimum atomic E-state index is -3.48. The van der Waals surface area contributed by atoms with Gasteiger partial charge in [0.15, 0.2) is 0 Å². The molecule has 2 heterocycles. The van der Waals surface area contributed by atoms with E-state index in [1.165, 1.54) is 31.0 Å². The van der Waals surface area contributed by atoms with Gasteiger partial charge in [-0.1, -0.05) is 23.2 Å². The molecule has 2 aliphatic heterocycles. The van der Waals surface area contributed by atoms with Crippen molar-refractivity contribution in [2.45, 2.75) is 36.6 Å². The highest BCUT2D eigenvalue weighted by atomic mass is 35.5. The lowest BCUT2D eigenvalue weighted by molar-refractivity contribution is 0.234. The molecule has 2 saturated heterocycles. The summed E-state index contributed by atoms with van der Waals surface area (Å²) >= 11 is 11.8. The van der Waals surface area contributed by atoms with Crippen LogP contribution in [0.2, 0.25) is 10.0 Å². The van der Waals surface area contributed by atoms with Gasteiger partial charge in [-0.05, 0) is 56.3 Å². The first-order chi connectivity index (χ1) is 10.5. The Morgan fingerprint density at radius 3 is 2.41 bits per heavy atom. The minimum absolute atomic E-state index is 0.222. The summed E-state index contributed by atoms with van der Waals surface area (Å²) in [6.07, 6.45) is 4.27. The average Bonchev–Trinajstić information content (AvgIpc) is 3.04. The van der Waals surface area contributed by atoms with Crippen LogP contribution in [-0.4, -0.2) is 38.4 Å². The van der Waals surface area contributed by atoms with Crippen molar-refractivity contribution < 1.29 is 8.42 Å². The summed E-state index contributed by atoms with van der Waals surface area (Å²) in [5.41, 5.74) is 0. The van der Waals surface area contributed by atoms with Gasteiger partial charge in [0.1, 0.15) is 0 Å². The number of nitrogens with zero attached hydrogens (tertiary/aromatic N) is 1. The number of benzene rings is 1. The highest BCUT2D eigenvalue weighted by Gasteiger charge is 2.33. The molecule has 3 rings (SSSR count). The maximum absolute atomic E-state index is 12.7. The first kappa shape index (κ1) is 16.5. The van der Waals surface area contributed by atoms with Crippen LogP contribution in [0.5, 0.6) is 0 Å². The van der Waals surface area contributed by atoms with Crippen LogP contribution in [0.1, 0.15) is 25.7 Å². The lowest BCUT2D eigenvalue weighted by Crippen LogP contribution is -2.43. The average molecular weight is 363 g/mol. The fraction of sp³-hybridized carbons (Fsp3) is 0.600. The zero-order chi connectivity index (χ0) is 15.7. The Labute approximate surface area is 141 Å². The topological polar surface area (TPSA) is 49.4 Å². The number of hydrogen-bond donors (Lipinski definition) is 1. The van der Waals surface area contributed by atoms with E-state index in [1.807, 2.05) is 0 Å². The molecule has 1 unspecified atom stereocenters. The summed E-state index contributed by atoms with van der Waals surface area (Å²) in [7, 11) is -3.48. The molecule has 122 valence electrons. The molecule has 1 N–H and O–H groups in total. The van der Waals surface area contributed by atoms with Gasteiger partial charge in [0.2, 0.25) is 10.0 Å². The molecule has 2 fully saturated rings. The summed E-state index contributed by atoms with van der Waals surface area (Å²) in [5, 5.41) is 4.16. The van der Waals surface area contributed by atoms with E-state index in [4.69, 9.17) is 23.2 Å². The predicted octanol–water partition coefficient (Wildman–Crippen LogP) is 3.15. The van der Waals surface area contributed by atoms with Crippen molar-refractivity contribution in [2.24, 2.45) is 5.92 Å². The second-order valence-corrected chi connectivity index (χ2v) is 8.77. The molecule has 4 nitrogen and oxygen atoms in total. The summed E-state index contributed by atoms with van der Waals surface area (Å²) in [5.74, 6) is 0.586.